The van der Waals surface area contributed by atoms with E-state index in [9.17, 15) is 0 Å². The smallest absolute Gasteiger partial charge is 0.0460 e. The fourth-order valence-electron chi connectivity index (χ4n) is 3.59. The third-order valence-electron chi connectivity index (χ3n) is 4.57. The third kappa shape index (κ3) is 2.43. The lowest BCUT2D eigenvalue weighted by molar-refractivity contribution is 0.641. The van der Waals surface area contributed by atoms with E-state index >= 15 is 0 Å². The van der Waals surface area contributed by atoms with E-state index < -0.39 is 0 Å². The second-order valence-electron chi connectivity index (χ2n) is 6.38. The van der Waals surface area contributed by atoms with Crippen LogP contribution < -0.4 is 4.90 Å². The molecule has 2 aromatic carbocycles. The average Bonchev–Trinajstić information content (AvgIpc) is 2.76. The highest BCUT2D eigenvalue weighted by atomic mass is 15.2. The molecule has 3 rings (SSSR count). The summed E-state index contributed by atoms with van der Waals surface area (Å²) in [5, 5.41) is 2.63. The van der Waals surface area contributed by atoms with Gasteiger partial charge < -0.3 is 4.90 Å². The molecule has 116 valence electrons. The zero-order valence-corrected chi connectivity index (χ0v) is 13.9. The average molecular weight is 301 g/mol. The summed E-state index contributed by atoms with van der Waals surface area (Å²) in [6, 6.07) is 13.1. The van der Waals surface area contributed by atoms with Gasteiger partial charge in [0.2, 0.25) is 0 Å². The van der Waals surface area contributed by atoms with Crippen molar-refractivity contribution in [2.45, 2.75) is 19.3 Å². The first-order valence-electron chi connectivity index (χ1n) is 8.01. The van der Waals surface area contributed by atoms with E-state index in [0.29, 0.717) is 0 Å². The van der Waals surface area contributed by atoms with Crippen LogP contribution in [-0.2, 0) is 5.41 Å². The molecule has 0 saturated heterocycles. The van der Waals surface area contributed by atoms with Crippen LogP contribution in [-0.4, -0.2) is 6.54 Å². The molecule has 0 radical (unpaired) electrons. The Morgan fingerprint density at radius 3 is 2.57 bits per heavy atom. The van der Waals surface area contributed by atoms with Crippen molar-refractivity contribution in [3.8, 4) is 0 Å². The standard InChI is InChI=1S/C22H23N/c1-5-7-8-13-20-22(3,4)21-18-12-10-9-11-17(18)14-15-19(21)23(20)16-6-2/h5-15H,1-2,16H2,3-4H3/b8-7+,20-13+. The van der Waals surface area contributed by atoms with Gasteiger partial charge in [0, 0.05) is 23.3 Å². The van der Waals surface area contributed by atoms with E-state index in [1.807, 2.05) is 12.2 Å². The van der Waals surface area contributed by atoms with Crippen molar-refractivity contribution in [1.82, 2.24) is 0 Å². The Labute approximate surface area is 138 Å². The van der Waals surface area contributed by atoms with Crippen molar-refractivity contribution in [2.75, 3.05) is 11.4 Å². The summed E-state index contributed by atoms with van der Waals surface area (Å²) >= 11 is 0. The summed E-state index contributed by atoms with van der Waals surface area (Å²) in [6.45, 7) is 13.1. The lowest BCUT2D eigenvalue weighted by Crippen LogP contribution is -2.26. The lowest BCUT2D eigenvalue weighted by Gasteiger charge is -2.26. The second kappa shape index (κ2) is 5.92. The topological polar surface area (TPSA) is 3.24 Å². The third-order valence-corrected chi connectivity index (χ3v) is 4.57. The quantitative estimate of drug-likeness (QED) is 0.513. The Morgan fingerprint density at radius 2 is 1.83 bits per heavy atom. The highest BCUT2D eigenvalue weighted by molar-refractivity contribution is 5.94. The van der Waals surface area contributed by atoms with Crippen LogP contribution in [0.15, 0.2) is 85.6 Å². The van der Waals surface area contributed by atoms with Crippen LogP contribution in [0.4, 0.5) is 5.69 Å². The molecule has 0 spiro atoms. The minimum Gasteiger partial charge on any atom is -0.340 e. The summed E-state index contributed by atoms with van der Waals surface area (Å²) in [4.78, 5) is 2.36. The summed E-state index contributed by atoms with van der Waals surface area (Å²) in [5.41, 5.74) is 3.93. The normalized spacial score (nSPS) is 17.8. The summed E-state index contributed by atoms with van der Waals surface area (Å²) in [5.74, 6) is 0. The Balaban J connectivity index is 2.28. The van der Waals surface area contributed by atoms with E-state index in [-0.39, 0.29) is 5.41 Å². The monoisotopic (exact) mass is 301 g/mol. The molecule has 0 bridgehead atoms. The molecule has 1 heteroatoms. The first-order valence-corrected chi connectivity index (χ1v) is 8.01. The van der Waals surface area contributed by atoms with Gasteiger partial charge in [0.1, 0.15) is 0 Å². The number of fused-ring (bicyclic) bond motifs is 3. The van der Waals surface area contributed by atoms with E-state index in [4.69, 9.17) is 0 Å². The summed E-state index contributed by atoms with van der Waals surface area (Å²) < 4.78 is 0. The molecule has 1 heterocycles. The van der Waals surface area contributed by atoms with Gasteiger partial charge >= 0.3 is 0 Å². The molecular weight excluding hydrogens is 278 g/mol. The molecule has 23 heavy (non-hydrogen) atoms. The predicted octanol–water partition coefficient (Wildman–Crippen LogP) is 5.75. The number of hydrogen-bond acceptors (Lipinski definition) is 1. The SMILES string of the molecule is C=C/C=C/C=C1/N(CC=C)c2ccc3ccccc3c2C1(C)C. The zero-order chi connectivity index (χ0) is 16.4. The van der Waals surface area contributed by atoms with Crippen molar-refractivity contribution in [1.29, 1.82) is 0 Å². The first kappa shape index (κ1) is 15.4. The molecule has 2 aromatic rings. The maximum absolute atomic E-state index is 3.94. The Bertz CT molecular complexity index is 821. The van der Waals surface area contributed by atoms with Gasteiger partial charge in [-0.2, -0.15) is 0 Å². The lowest BCUT2D eigenvalue weighted by atomic mass is 9.81. The van der Waals surface area contributed by atoms with Crippen molar-refractivity contribution in [2.24, 2.45) is 0 Å². The van der Waals surface area contributed by atoms with E-state index in [1.165, 1.54) is 27.7 Å². The van der Waals surface area contributed by atoms with Crippen LogP contribution in [0.25, 0.3) is 10.8 Å². The molecule has 1 nitrogen and oxygen atoms in total. The molecule has 0 fully saturated rings. The fourth-order valence-corrected chi connectivity index (χ4v) is 3.59. The van der Waals surface area contributed by atoms with Crippen molar-refractivity contribution in [3.63, 3.8) is 0 Å². The summed E-state index contributed by atoms with van der Waals surface area (Å²) in [6.07, 6.45) is 10.00. The van der Waals surface area contributed by atoms with Gasteiger partial charge in [-0.05, 0) is 28.5 Å². The number of anilines is 1. The Kier molecular flexibility index (Phi) is 3.96. The van der Waals surface area contributed by atoms with E-state index in [1.54, 1.807) is 6.08 Å². The van der Waals surface area contributed by atoms with Crippen LogP contribution in [0.5, 0.6) is 0 Å². The van der Waals surface area contributed by atoms with Crippen LogP contribution in [0.3, 0.4) is 0 Å². The van der Waals surface area contributed by atoms with Crippen LogP contribution in [0.1, 0.15) is 19.4 Å². The zero-order valence-electron chi connectivity index (χ0n) is 13.9. The molecule has 0 atom stereocenters. The van der Waals surface area contributed by atoms with Gasteiger partial charge in [-0.25, -0.2) is 0 Å². The van der Waals surface area contributed by atoms with Gasteiger partial charge in [0.15, 0.2) is 0 Å². The minimum absolute atomic E-state index is 0.0509. The highest BCUT2D eigenvalue weighted by Crippen LogP contribution is 2.50. The molecule has 0 unspecified atom stereocenters. The van der Waals surface area contributed by atoms with Crippen molar-refractivity contribution < 1.29 is 0 Å². The molecule has 0 aliphatic carbocycles. The van der Waals surface area contributed by atoms with Crippen LogP contribution in [0, 0.1) is 0 Å². The molecular formula is C22H23N. The molecule has 0 amide bonds. The Morgan fingerprint density at radius 1 is 1.04 bits per heavy atom. The second-order valence-corrected chi connectivity index (χ2v) is 6.38. The fraction of sp³-hybridized carbons (Fsp3) is 0.182. The molecule has 1 aliphatic heterocycles. The van der Waals surface area contributed by atoms with Gasteiger partial charge in [-0.15, -0.1) is 6.58 Å². The largest absolute Gasteiger partial charge is 0.340 e. The molecule has 0 aromatic heterocycles. The molecule has 0 saturated carbocycles. The Hall–Kier alpha value is -2.54. The maximum atomic E-state index is 3.94. The number of nitrogens with zero attached hydrogens (tertiary/aromatic N) is 1. The van der Waals surface area contributed by atoms with Gasteiger partial charge in [0.05, 0.1) is 0 Å². The highest BCUT2D eigenvalue weighted by Gasteiger charge is 2.40. The molecule has 0 N–H and O–H groups in total. The van der Waals surface area contributed by atoms with Crippen LogP contribution in [0.2, 0.25) is 0 Å². The van der Waals surface area contributed by atoms with Crippen molar-refractivity contribution >= 4 is 16.5 Å². The van der Waals surface area contributed by atoms with Gasteiger partial charge in [-0.1, -0.05) is 75.1 Å². The predicted molar refractivity (Wildman–Crippen MR) is 102 cm³/mol. The van der Waals surface area contributed by atoms with E-state index in [0.717, 1.165) is 6.54 Å². The van der Waals surface area contributed by atoms with Gasteiger partial charge in [0.25, 0.3) is 0 Å². The number of hydrogen-bond donors (Lipinski definition) is 0. The first-order chi connectivity index (χ1) is 11.1. The summed E-state index contributed by atoms with van der Waals surface area (Å²) in [7, 11) is 0. The number of allylic oxidation sites excluding steroid dienone is 5. The van der Waals surface area contributed by atoms with E-state index in [2.05, 4.69) is 80.5 Å². The minimum atomic E-state index is -0.0509. The number of benzene rings is 2. The maximum Gasteiger partial charge on any atom is 0.0460 e. The number of rotatable bonds is 4. The van der Waals surface area contributed by atoms with Crippen molar-refractivity contribution in [3.05, 3.63) is 91.2 Å². The van der Waals surface area contributed by atoms with Crippen LogP contribution >= 0.6 is 0 Å². The molecule has 1 aliphatic rings. The van der Waals surface area contributed by atoms with Gasteiger partial charge in [-0.3, -0.25) is 0 Å².